The number of rotatable bonds is 5. The van der Waals surface area contributed by atoms with Crippen LogP contribution in [0, 0.1) is 5.82 Å². The summed E-state index contributed by atoms with van der Waals surface area (Å²) < 4.78 is 42.8. The van der Waals surface area contributed by atoms with Crippen LogP contribution in [0.1, 0.15) is 17.2 Å². The molecule has 0 amide bonds. The molecule has 0 saturated carbocycles. The maximum Gasteiger partial charge on any atom is 0.387 e. The number of hydrogen-bond acceptors (Lipinski definition) is 3. The van der Waals surface area contributed by atoms with Crippen molar-refractivity contribution in [1.82, 2.24) is 5.43 Å². The molecule has 1 unspecified atom stereocenters. The third-order valence-corrected chi connectivity index (χ3v) is 3.23. The Kier molecular flexibility index (Phi) is 5.06. The van der Waals surface area contributed by atoms with Crippen molar-refractivity contribution in [3.8, 4) is 5.75 Å². The van der Waals surface area contributed by atoms with Crippen molar-refractivity contribution >= 4 is 11.6 Å². The van der Waals surface area contributed by atoms with E-state index < -0.39 is 18.5 Å². The lowest BCUT2D eigenvalue weighted by Gasteiger charge is -2.21. The lowest BCUT2D eigenvalue weighted by molar-refractivity contribution is -0.0506. The Balaban J connectivity index is 2.49. The summed E-state index contributed by atoms with van der Waals surface area (Å²) in [6.07, 6.45) is 0. The number of hydrazine groups is 1. The summed E-state index contributed by atoms with van der Waals surface area (Å²) in [5.74, 6) is 4.91. The average molecular weight is 317 g/mol. The van der Waals surface area contributed by atoms with E-state index >= 15 is 0 Å². The molecule has 7 heteroatoms. The molecule has 0 fully saturated rings. The number of benzene rings is 2. The van der Waals surface area contributed by atoms with Crippen molar-refractivity contribution in [2.24, 2.45) is 5.84 Å². The average Bonchev–Trinajstić information content (AvgIpc) is 2.44. The van der Waals surface area contributed by atoms with Gasteiger partial charge in [0.15, 0.2) is 0 Å². The zero-order valence-corrected chi connectivity index (χ0v) is 11.4. The fraction of sp³-hybridized carbons (Fsp3) is 0.143. The van der Waals surface area contributed by atoms with Crippen LogP contribution in [0.3, 0.4) is 0 Å². The number of ether oxygens (including phenoxy) is 1. The third-order valence-electron chi connectivity index (χ3n) is 2.88. The quantitative estimate of drug-likeness (QED) is 0.654. The van der Waals surface area contributed by atoms with Gasteiger partial charge in [-0.3, -0.25) is 5.84 Å². The van der Waals surface area contributed by atoms with Crippen LogP contribution in [0.4, 0.5) is 13.2 Å². The summed E-state index contributed by atoms with van der Waals surface area (Å²) in [5.41, 5.74) is 3.09. The van der Waals surface area contributed by atoms with E-state index in [4.69, 9.17) is 17.4 Å². The van der Waals surface area contributed by atoms with Crippen molar-refractivity contribution in [2.75, 3.05) is 0 Å². The molecule has 0 saturated heterocycles. The Morgan fingerprint density at radius 1 is 1.10 bits per heavy atom. The molecule has 0 aromatic heterocycles. The fourth-order valence-corrected chi connectivity index (χ4v) is 2.23. The van der Waals surface area contributed by atoms with E-state index in [1.54, 1.807) is 18.2 Å². The first-order chi connectivity index (χ1) is 10.0. The smallest absolute Gasteiger partial charge is 0.387 e. The van der Waals surface area contributed by atoms with Gasteiger partial charge in [-0.2, -0.15) is 8.78 Å². The SMILES string of the molecule is NNC(c1cc(F)ccc1Cl)c1ccccc1OC(F)F. The number of nitrogens with one attached hydrogen (secondary N) is 1. The van der Waals surface area contributed by atoms with Gasteiger partial charge in [0, 0.05) is 10.6 Å². The molecule has 0 heterocycles. The zero-order chi connectivity index (χ0) is 15.4. The molecular formula is C14H12ClF3N2O. The van der Waals surface area contributed by atoms with Crippen LogP contribution in [-0.4, -0.2) is 6.61 Å². The number of halogens is 4. The topological polar surface area (TPSA) is 47.3 Å². The van der Waals surface area contributed by atoms with Gasteiger partial charge in [0.2, 0.25) is 0 Å². The second-order valence-electron chi connectivity index (χ2n) is 4.18. The molecule has 2 aromatic rings. The predicted octanol–water partition coefficient (Wildman–Crippen LogP) is 3.63. The van der Waals surface area contributed by atoms with Gasteiger partial charge in [-0.25, -0.2) is 9.82 Å². The van der Waals surface area contributed by atoms with E-state index in [9.17, 15) is 13.2 Å². The van der Waals surface area contributed by atoms with E-state index in [0.29, 0.717) is 11.1 Å². The second-order valence-corrected chi connectivity index (χ2v) is 4.59. The standard InChI is InChI=1S/C14H12ClF3N2O/c15-11-6-5-8(16)7-10(11)13(20-19)9-3-1-2-4-12(9)21-14(17)18/h1-7,13-14,20H,19H2. The summed E-state index contributed by atoms with van der Waals surface area (Å²) in [4.78, 5) is 0. The van der Waals surface area contributed by atoms with Crippen molar-refractivity contribution in [3.05, 3.63) is 64.4 Å². The number of hydrogen-bond donors (Lipinski definition) is 2. The maximum absolute atomic E-state index is 13.4. The minimum Gasteiger partial charge on any atom is -0.434 e. The van der Waals surface area contributed by atoms with Crippen molar-refractivity contribution in [1.29, 1.82) is 0 Å². The number of alkyl halides is 2. The molecule has 0 spiro atoms. The van der Waals surface area contributed by atoms with Gasteiger partial charge < -0.3 is 4.74 Å². The first-order valence-electron chi connectivity index (χ1n) is 5.97. The first kappa shape index (κ1) is 15.6. The molecule has 1 atom stereocenters. The summed E-state index contributed by atoms with van der Waals surface area (Å²) in [7, 11) is 0. The summed E-state index contributed by atoms with van der Waals surface area (Å²) >= 11 is 6.03. The monoisotopic (exact) mass is 316 g/mol. The van der Waals surface area contributed by atoms with Gasteiger partial charge in [-0.05, 0) is 29.8 Å². The van der Waals surface area contributed by atoms with Gasteiger partial charge >= 0.3 is 6.61 Å². The molecule has 0 aliphatic carbocycles. The lowest BCUT2D eigenvalue weighted by atomic mass is 9.98. The van der Waals surface area contributed by atoms with Crippen LogP contribution in [0.2, 0.25) is 5.02 Å². The normalized spacial score (nSPS) is 12.5. The summed E-state index contributed by atoms with van der Waals surface area (Å²) in [6.45, 7) is -2.98. The molecule has 3 nitrogen and oxygen atoms in total. The van der Waals surface area contributed by atoms with E-state index in [1.807, 2.05) is 0 Å². The summed E-state index contributed by atoms with van der Waals surface area (Å²) in [5, 5.41) is 0.256. The predicted molar refractivity (Wildman–Crippen MR) is 73.7 cm³/mol. The Hall–Kier alpha value is -1.76. The van der Waals surface area contributed by atoms with E-state index in [-0.39, 0.29) is 10.8 Å². The molecule has 0 aliphatic heterocycles. The van der Waals surface area contributed by atoms with Gasteiger partial charge in [0.05, 0.1) is 6.04 Å². The Morgan fingerprint density at radius 2 is 1.81 bits per heavy atom. The van der Waals surface area contributed by atoms with Crippen LogP contribution in [0.25, 0.3) is 0 Å². The molecule has 2 rings (SSSR count). The molecule has 3 N–H and O–H groups in total. The van der Waals surface area contributed by atoms with Gasteiger partial charge in [0.25, 0.3) is 0 Å². The lowest BCUT2D eigenvalue weighted by Crippen LogP contribution is -2.29. The zero-order valence-electron chi connectivity index (χ0n) is 10.7. The third kappa shape index (κ3) is 3.66. The molecule has 2 aromatic carbocycles. The van der Waals surface area contributed by atoms with Crippen LogP contribution >= 0.6 is 11.6 Å². The highest BCUT2D eigenvalue weighted by molar-refractivity contribution is 6.31. The maximum atomic E-state index is 13.4. The molecule has 21 heavy (non-hydrogen) atoms. The number of nitrogens with two attached hydrogens (primary N) is 1. The highest BCUT2D eigenvalue weighted by atomic mass is 35.5. The van der Waals surface area contributed by atoms with E-state index in [2.05, 4.69) is 10.2 Å². The highest BCUT2D eigenvalue weighted by Gasteiger charge is 2.21. The Labute approximate surface area is 124 Å². The van der Waals surface area contributed by atoms with Crippen LogP contribution in [-0.2, 0) is 0 Å². The van der Waals surface area contributed by atoms with Gasteiger partial charge in [-0.1, -0.05) is 29.8 Å². The molecular weight excluding hydrogens is 305 g/mol. The number of para-hydroxylation sites is 1. The Morgan fingerprint density at radius 3 is 2.48 bits per heavy atom. The van der Waals surface area contributed by atoms with Crippen LogP contribution in [0.15, 0.2) is 42.5 Å². The van der Waals surface area contributed by atoms with Gasteiger partial charge in [-0.15, -0.1) is 0 Å². The second kappa shape index (κ2) is 6.80. The first-order valence-corrected chi connectivity index (χ1v) is 6.35. The van der Waals surface area contributed by atoms with Crippen molar-refractivity contribution in [3.63, 3.8) is 0 Å². The van der Waals surface area contributed by atoms with E-state index in [1.165, 1.54) is 24.3 Å². The van der Waals surface area contributed by atoms with E-state index in [0.717, 1.165) is 0 Å². The minimum absolute atomic E-state index is 0.0595. The highest BCUT2D eigenvalue weighted by Crippen LogP contribution is 2.34. The van der Waals surface area contributed by atoms with Crippen LogP contribution in [0.5, 0.6) is 5.75 Å². The van der Waals surface area contributed by atoms with Crippen LogP contribution < -0.4 is 16.0 Å². The van der Waals surface area contributed by atoms with Crippen molar-refractivity contribution in [2.45, 2.75) is 12.7 Å². The summed E-state index contributed by atoms with van der Waals surface area (Å²) in [6, 6.07) is 9.05. The fourth-order valence-electron chi connectivity index (χ4n) is 2.01. The Bertz CT molecular complexity index is 625. The molecule has 0 radical (unpaired) electrons. The minimum atomic E-state index is -2.98. The van der Waals surface area contributed by atoms with Gasteiger partial charge in [0.1, 0.15) is 11.6 Å². The molecule has 0 aliphatic rings. The molecule has 112 valence electrons. The molecule has 0 bridgehead atoms. The van der Waals surface area contributed by atoms with Crippen molar-refractivity contribution < 1.29 is 17.9 Å². The largest absolute Gasteiger partial charge is 0.434 e.